The number of anilines is 3. The molecule has 0 saturated carbocycles. The molecule has 3 heterocycles. The Morgan fingerprint density at radius 3 is 2.44 bits per heavy atom. The van der Waals surface area contributed by atoms with Gasteiger partial charge in [-0.15, -0.1) is 0 Å². The van der Waals surface area contributed by atoms with E-state index in [2.05, 4.69) is 25.6 Å². The van der Waals surface area contributed by atoms with Crippen LogP contribution < -0.4 is 20.3 Å². The van der Waals surface area contributed by atoms with Crippen molar-refractivity contribution in [2.24, 2.45) is 0 Å². The molecule has 2 N–H and O–H groups in total. The number of ether oxygens (including phenoxy) is 1. The molecule has 0 bridgehead atoms. The van der Waals surface area contributed by atoms with Gasteiger partial charge < -0.3 is 20.3 Å². The molecule has 0 aliphatic carbocycles. The van der Waals surface area contributed by atoms with Crippen molar-refractivity contribution >= 4 is 17.3 Å². The van der Waals surface area contributed by atoms with Crippen molar-refractivity contribution in [2.45, 2.75) is 18.6 Å². The second kappa shape index (κ2) is 9.16. The third-order valence-corrected chi connectivity index (χ3v) is 5.64. The van der Waals surface area contributed by atoms with Crippen LogP contribution in [0, 0.1) is 11.3 Å². The molecule has 1 aromatic carbocycles. The number of nitrogens with one attached hydrogen (secondary N) is 2. The first kappa shape index (κ1) is 21.5. The van der Waals surface area contributed by atoms with Crippen LogP contribution in [0.5, 0.6) is 5.75 Å². The number of methoxy groups -OCH3 is 1. The molecule has 2 aromatic heterocycles. The van der Waals surface area contributed by atoms with Gasteiger partial charge in [-0.1, -0.05) is 12.1 Å². The van der Waals surface area contributed by atoms with Crippen LogP contribution in [0.2, 0.25) is 0 Å². The van der Waals surface area contributed by atoms with Crippen LogP contribution in [0.25, 0.3) is 11.1 Å². The van der Waals surface area contributed by atoms with Crippen molar-refractivity contribution in [1.29, 1.82) is 5.26 Å². The van der Waals surface area contributed by atoms with Crippen molar-refractivity contribution in [3.05, 3.63) is 54.6 Å². The molecule has 0 spiro atoms. The highest BCUT2D eigenvalue weighted by molar-refractivity contribution is 5.81. The van der Waals surface area contributed by atoms with Gasteiger partial charge >= 0.3 is 0 Å². The highest BCUT2D eigenvalue weighted by Crippen LogP contribution is 2.39. The van der Waals surface area contributed by atoms with E-state index in [9.17, 15) is 0 Å². The van der Waals surface area contributed by atoms with Crippen LogP contribution in [-0.4, -0.2) is 48.0 Å². The molecule has 3 aromatic rings. The van der Waals surface area contributed by atoms with E-state index in [1.54, 1.807) is 25.3 Å². The molecule has 1 fully saturated rings. The van der Waals surface area contributed by atoms with Crippen LogP contribution in [0.3, 0.4) is 0 Å². The normalized spacial score (nSPS) is 14.9. The van der Waals surface area contributed by atoms with Crippen molar-refractivity contribution in [1.82, 2.24) is 20.3 Å². The summed E-state index contributed by atoms with van der Waals surface area (Å²) in [5.41, 5.74) is 2.65. The average molecular weight is 433 g/mol. The quantitative estimate of drug-likeness (QED) is 0.569. The molecule has 4 rings (SSSR count). The molecule has 1 saturated heterocycles. The Kier molecular flexibility index (Phi) is 6.14. The molecule has 0 unspecified atom stereocenters. The minimum Gasteiger partial charge on any atom is -0.497 e. The molecule has 32 heavy (non-hydrogen) atoms. The van der Waals surface area contributed by atoms with Gasteiger partial charge in [0, 0.05) is 50.8 Å². The lowest BCUT2D eigenvalue weighted by atomic mass is 9.98. The van der Waals surface area contributed by atoms with E-state index < -0.39 is 5.79 Å². The minimum atomic E-state index is -1.47. The fourth-order valence-electron chi connectivity index (χ4n) is 3.73. The molecule has 1 aliphatic rings. The molecule has 9 heteroatoms. The van der Waals surface area contributed by atoms with Gasteiger partial charge in [-0.05, 0) is 17.7 Å². The predicted molar refractivity (Wildman–Crippen MR) is 121 cm³/mol. The smallest absolute Gasteiger partial charge is 0.185 e. The van der Waals surface area contributed by atoms with E-state index in [4.69, 9.17) is 10.00 Å². The van der Waals surface area contributed by atoms with Crippen molar-refractivity contribution in [3.8, 4) is 22.9 Å². The number of benzene rings is 1. The standard InChI is InChI=1S/C23H24FN7O/c1-31(23(24)7-9-26-10-8-23)20-11-21(30-22-15-27-17(12-25)13-28-22)29-14-19(20)16-3-5-18(32-2)6-4-16/h3-6,11,13-15,26H,7-10H2,1-2H3,(H,28,29,30). The van der Waals surface area contributed by atoms with Crippen LogP contribution in [-0.2, 0) is 0 Å². The Hall–Kier alpha value is -3.77. The van der Waals surface area contributed by atoms with Gasteiger partial charge in [0.25, 0.3) is 0 Å². The highest BCUT2D eigenvalue weighted by Gasteiger charge is 2.37. The minimum absolute atomic E-state index is 0.226. The fourth-order valence-corrected chi connectivity index (χ4v) is 3.73. The van der Waals surface area contributed by atoms with Crippen molar-refractivity contribution in [2.75, 3.05) is 37.5 Å². The summed E-state index contributed by atoms with van der Waals surface area (Å²) in [6, 6.07) is 11.3. The molecular formula is C23H24FN7O. The monoisotopic (exact) mass is 433 g/mol. The molecule has 0 atom stereocenters. The number of alkyl halides is 1. The number of aromatic nitrogens is 3. The van der Waals surface area contributed by atoms with Gasteiger partial charge in [0.15, 0.2) is 11.5 Å². The SMILES string of the molecule is COc1ccc(-c2cnc(Nc3cnc(C#N)cn3)cc2N(C)C2(F)CCNCC2)cc1. The molecule has 8 nitrogen and oxygen atoms in total. The summed E-state index contributed by atoms with van der Waals surface area (Å²) in [7, 11) is 3.39. The average Bonchev–Trinajstić information content (AvgIpc) is 2.84. The van der Waals surface area contributed by atoms with E-state index in [-0.39, 0.29) is 5.69 Å². The number of hydrogen-bond acceptors (Lipinski definition) is 8. The highest BCUT2D eigenvalue weighted by atomic mass is 19.1. The first-order valence-corrected chi connectivity index (χ1v) is 10.3. The maximum absolute atomic E-state index is 15.9. The van der Waals surface area contributed by atoms with Crippen LogP contribution >= 0.6 is 0 Å². The van der Waals surface area contributed by atoms with Gasteiger partial charge in [-0.2, -0.15) is 5.26 Å². The maximum atomic E-state index is 15.9. The van der Waals surface area contributed by atoms with Gasteiger partial charge in [0.2, 0.25) is 0 Å². The topological polar surface area (TPSA) is 99.0 Å². The zero-order chi connectivity index (χ0) is 22.6. The summed E-state index contributed by atoms with van der Waals surface area (Å²) in [5.74, 6) is 0.216. The maximum Gasteiger partial charge on any atom is 0.185 e. The fraction of sp³-hybridized carbons (Fsp3) is 0.304. The largest absolute Gasteiger partial charge is 0.497 e. The lowest BCUT2D eigenvalue weighted by Crippen LogP contribution is -2.50. The third kappa shape index (κ3) is 4.45. The molecule has 1 aliphatic heterocycles. The lowest BCUT2D eigenvalue weighted by Gasteiger charge is -2.40. The van der Waals surface area contributed by atoms with E-state index in [0.717, 1.165) is 16.9 Å². The Morgan fingerprint density at radius 1 is 1.09 bits per heavy atom. The second-order valence-corrected chi connectivity index (χ2v) is 7.57. The van der Waals surface area contributed by atoms with Crippen LogP contribution in [0.1, 0.15) is 18.5 Å². The zero-order valence-corrected chi connectivity index (χ0v) is 18.0. The molecule has 0 radical (unpaired) electrons. The number of piperidine rings is 1. The summed E-state index contributed by atoms with van der Waals surface area (Å²) < 4.78 is 21.1. The number of halogens is 1. The summed E-state index contributed by atoms with van der Waals surface area (Å²) in [4.78, 5) is 14.4. The number of rotatable bonds is 6. The summed E-state index contributed by atoms with van der Waals surface area (Å²) in [6.45, 7) is 1.24. The van der Waals surface area contributed by atoms with Crippen LogP contribution in [0.4, 0.5) is 21.7 Å². The molecule has 0 amide bonds. The Bertz CT molecular complexity index is 1110. The summed E-state index contributed by atoms with van der Waals surface area (Å²) in [6.07, 6.45) is 5.34. The van der Waals surface area contributed by atoms with Gasteiger partial charge in [-0.3, -0.25) is 0 Å². The summed E-state index contributed by atoms with van der Waals surface area (Å²) >= 11 is 0. The van der Waals surface area contributed by atoms with E-state index in [1.165, 1.54) is 12.4 Å². The number of hydrogen-bond donors (Lipinski definition) is 2. The summed E-state index contributed by atoms with van der Waals surface area (Å²) in [5, 5.41) is 15.2. The second-order valence-electron chi connectivity index (χ2n) is 7.57. The number of pyridine rings is 1. The predicted octanol–water partition coefficient (Wildman–Crippen LogP) is 3.65. The Morgan fingerprint density at radius 2 is 1.81 bits per heavy atom. The van der Waals surface area contributed by atoms with Crippen molar-refractivity contribution < 1.29 is 9.13 Å². The van der Waals surface area contributed by atoms with E-state index >= 15 is 4.39 Å². The molecular weight excluding hydrogens is 409 g/mol. The number of nitriles is 1. The lowest BCUT2D eigenvalue weighted by molar-refractivity contribution is 0.116. The van der Waals surface area contributed by atoms with Gasteiger partial charge in [-0.25, -0.2) is 19.3 Å². The first-order valence-electron chi connectivity index (χ1n) is 10.3. The van der Waals surface area contributed by atoms with E-state index in [0.29, 0.717) is 43.3 Å². The third-order valence-electron chi connectivity index (χ3n) is 5.64. The van der Waals surface area contributed by atoms with Crippen LogP contribution in [0.15, 0.2) is 48.9 Å². The number of nitrogens with zero attached hydrogens (tertiary/aromatic N) is 5. The first-order chi connectivity index (χ1) is 15.5. The van der Waals surface area contributed by atoms with Gasteiger partial charge in [0.05, 0.1) is 25.2 Å². The zero-order valence-electron chi connectivity index (χ0n) is 18.0. The Labute approximate surface area is 186 Å². The Balaban J connectivity index is 1.72. The molecule has 164 valence electrons. The van der Waals surface area contributed by atoms with E-state index in [1.807, 2.05) is 36.4 Å². The van der Waals surface area contributed by atoms with Gasteiger partial charge in [0.1, 0.15) is 23.5 Å². The van der Waals surface area contributed by atoms with Crippen molar-refractivity contribution in [3.63, 3.8) is 0 Å².